The Bertz CT molecular complexity index is 761. The second kappa shape index (κ2) is 8.20. The van der Waals surface area contributed by atoms with E-state index >= 15 is 0 Å². The van der Waals surface area contributed by atoms with Crippen molar-refractivity contribution in [1.82, 2.24) is 9.80 Å². The van der Waals surface area contributed by atoms with Crippen molar-refractivity contribution in [2.24, 2.45) is 0 Å². The van der Waals surface area contributed by atoms with E-state index < -0.39 is 0 Å². The van der Waals surface area contributed by atoms with Crippen molar-refractivity contribution in [3.05, 3.63) is 68.9 Å². The van der Waals surface area contributed by atoms with Crippen LogP contribution in [0.5, 0.6) is 0 Å². The Kier molecular flexibility index (Phi) is 5.53. The highest BCUT2D eigenvalue weighted by molar-refractivity contribution is 7.10. The molecule has 1 unspecified atom stereocenters. The smallest absolute Gasteiger partial charge is 0.237 e. The molecule has 0 bridgehead atoms. The zero-order chi connectivity index (χ0) is 17.8. The average molecular weight is 387 g/mol. The van der Waals surface area contributed by atoms with Crippen molar-refractivity contribution in [1.29, 1.82) is 0 Å². The fourth-order valence-corrected chi connectivity index (χ4v) is 5.16. The van der Waals surface area contributed by atoms with E-state index in [-0.39, 0.29) is 11.9 Å². The molecular weight excluding hydrogens is 364 g/mol. The summed E-state index contributed by atoms with van der Waals surface area (Å²) in [5.41, 5.74) is 0. The van der Waals surface area contributed by atoms with Crippen molar-refractivity contribution < 1.29 is 9.21 Å². The van der Waals surface area contributed by atoms with Crippen LogP contribution >= 0.6 is 22.7 Å². The van der Waals surface area contributed by atoms with Gasteiger partial charge in [-0.2, -0.15) is 0 Å². The molecule has 0 radical (unpaired) electrons. The molecule has 0 aliphatic carbocycles. The maximum atomic E-state index is 13.1. The van der Waals surface area contributed by atoms with Crippen LogP contribution in [0.3, 0.4) is 0 Å². The molecule has 0 saturated carbocycles. The lowest BCUT2D eigenvalue weighted by molar-refractivity contribution is -0.133. The van der Waals surface area contributed by atoms with Gasteiger partial charge in [0.05, 0.1) is 25.4 Å². The molecule has 1 saturated heterocycles. The van der Waals surface area contributed by atoms with Crippen LogP contribution < -0.4 is 0 Å². The van der Waals surface area contributed by atoms with Gasteiger partial charge >= 0.3 is 0 Å². The van der Waals surface area contributed by atoms with Gasteiger partial charge in [0.25, 0.3) is 0 Å². The second-order valence-electron chi connectivity index (χ2n) is 6.56. The molecule has 3 aromatic rings. The third-order valence-corrected chi connectivity index (χ3v) is 6.56. The molecule has 0 aromatic carbocycles. The average Bonchev–Trinajstić information content (AvgIpc) is 3.40. The predicted octanol–water partition coefficient (Wildman–Crippen LogP) is 4.77. The minimum absolute atomic E-state index is 0.212. The van der Waals surface area contributed by atoms with Crippen LogP contribution in [0, 0.1) is 0 Å². The summed E-state index contributed by atoms with van der Waals surface area (Å²) in [4.78, 5) is 19.9. The highest BCUT2D eigenvalue weighted by Gasteiger charge is 2.31. The number of hydrogen-bond donors (Lipinski definition) is 0. The van der Waals surface area contributed by atoms with Gasteiger partial charge < -0.3 is 9.32 Å². The number of rotatable bonds is 7. The summed E-state index contributed by atoms with van der Waals surface area (Å²) in [5.74, 6) is 1.11. The SMILES string of the molecule is O=C(CN(Cc1ccco1)Cc1cccs1)N1CCCC1c1cccs1. The van der Waals surface area contributed by atoms with Crippen LogP contribution in [-0.4, -0.2) is 28.8 Å². The standard InChI is InChI=1S/C20H22N2O2S2/c23-20(22-9-1-7-18(22)19-8-4-12-26-19)15-21(13-16-5-2-10-24-16)14-17-6-3-11-25-17/h2-6,8,10-12,18H,1,7,9,13-15H2. The molecule has 136 valence electrons. The van der Waals surface area contributed by atoms with Crippen molar-refractivity contribution in [3.8, 4) is 0 Å². The third kappa shape index (κ3) is 4.09. The summed E-state index contributed by atoms with van der Waals surface area (Å²) in [6, 6.07) is 12.5. The van der Waals surface area contributed by atoms with Gasteiger partial charge in [0.1, 0.15) is 5.76 Å². The van der Waals surface area contributed by atoms with Gasteiger partial charge in [-0.25, -0.2) is 0 Å². The summed E-state index contributed by atoms with van der Waals surface area (Å²) in [7, 11) is 0. The quantitative estimate of drug-likeness (QED) is 0.587. The Balaban J connectivity index is 1.46. The molecule has 1 aliphatic heterocycles. The Labute approximate surface area is 161 Å². The first kappa shape index (κ1) is 17.5. The minimum atomic E-state index is 0.212. The monoisotopic (exact) mass is 386 g/mol. The molecule has 26 heavy (non-hydrogen) atoms. The number of carbonyl (C=O) groups excluding carboxylic acids is 1. The maximum Gasteiger partial charge on any atom is 0.237 e. The van der Waals surface area contributed by atoms with E-state index in [0.29, 0.717) is 13.1 Å². The first-order valence-electron chi connectivity index (χ1n) is 8.89. The minimum Gasteiger partial charge on any atom is -0.468 e. The van der Waals surface area contributed by atoms with Crippen molar-refractivity contribution in [3.63, 3.8) is 0 Å². The predicted molar refractivity (Wildman–Crippen MR) is 105 cm³/mol. The molecular formula is C20H22N2O2S2. The zero-order valence-corrected chi connectivity index (χ0v) is 16.2. The number of carbonyl (C=O) groups is 1. The molecule has 1 aliphatic rings. The molecule has 1 fully saturated rings. The Hall–Kier alpha value is -1.89. The lowest BCUT2D eigenvalue weighted by Crippen LogP contribution is -2.39. The van der Waals surface area contributed by atoms with E-state index in [1.807, 2.05) is 12.1 Å². The topological polar surface area (TPSA) is 36.7 Å². The first-order valence-corrected chi connectivity index (χ1v) is 10.7. The summed E-state index contributed by atoms with van der Waals surface area (Å²) in [6.45, 7) is 2.69. The largest absolute Gasteiger partial charge is 0.468 e. The molecule has 1 atom stereocenters. The molecule has 0 N–H and O–H groups in total. The Morgan fingerprint density at radius 1 is 1.15 bits per heavy atom. The van der Waals surface area contributed by atoms with E-state index in [4.69, 9.17) is 4.42 Å². The Morgan fingerprint density at radius 3 is 2.77 bits per heavy atom. The van der Waals surface area contributed by atoms with Gasteiger partial charge in [0.2, 0.25) is 5.91 Å². The highest BCUT2D eigenvalue weighted by Crippen LogP contribution is 2.34. The fourth-order valence-electron chi connectivity index (χ4n) is 3.54. The number of hydrogen-bond acceptors (Lipinski definition) is 5. The van der Waals surface area contributed by atoms with Gasteiger partial charge in [-0.05, 0) is 47.9 Å². The van der Waals surface area contributed by atoms with E-state index in [2.05, 4.69) is 44.8 Å². The number of nitrogens with zero attached hydrogens (tertiary/aromatic N) is 2. The number of amides is 1. The lowest BCUT2D eigenvalue weighted by Gasteiger charge is -2.27. The van der Waals surface area contributed by atoms with Crippen LogP contribution in [0.4, 0.5) is 0 Å². The summed E-state index contributed by atoms with van der Waals surface area (Å²) >= 11 is 3.47. The van der Waals surface area contributed by atoms with E-state index in [1.54, 1.807) is 28.9 Å². The molecule has 1 amide bonds. The molecule has 6 heteroatoms. The van der Waals surface area contributed by atoms with Crippen LogP contribution in [0.15, 0.2) is 57.8 Å². The normalized spacial score (nSPS) is 17.3. The maximum absolute atomic E-state index is 13.1. The molecule has 4 nitrogen and oxygen atoms in total. The second-order valence-corrected chi connectivity index (χ2v) is 8.58. The molecule has 0 spiro atoms. The van der Waals surface area contributed by atoms with Crippen molar-refractivity contribution in [2.45, 2.75) is 32.0 Å². The van der Waals surface area contributed by atoms with Gasteiger partial charge in [-0.15, -0.1) is 22.7 Å². The fraction of sp³-hybridized carbons (Fsp3) is 0.350. The molecule has 3 aromatic heterocycles. The van der Waals surface area contributed by atoms with Crippen LogP contribution in [0.2, 0.25) is 0 Å². The highest BCUT2D eigenvalue weighted by atomic mass is 32.1. The van der Waals surface area contributed by atoms with Crippen molar-refractivity contribution >= 4 is 28.6 Å². The van der Waals surface area contributed by atoms with E-state index in [1.165, 1.54) is 9.75 Å². The molecule has 4 heterocycles. The van der Waals surface area contributed by atoms with Crippen LogP contribution in [0.1, 0.15) is 34.4 Å². The van der Waals surface area contributed by atoms with Gasteiger partial charge in [-0.1, -0.05) is 12.1 Å². The Morgan fingerprint density at radius 2 is 2.04 bits per heavy atom. The van der Waals surface area contributed by atoms with Gasteiger partial charge in [0, 0.05) is 22.8 Å². The van der Waals surface area contributed by atoms with Crippen LogP contribution in [-0.2, 0) is 17.9 Å². The number of thiophene rings is 2. The zero-order valence-electron chi connectivity index (χ0n) is 14.5. The van der Waals surface area contributed by atoms with Gasteiger partial charge in [-0.3, -0.25) is 9.69 Å². The summed E-state index contributed by atoms with van der Waals surface area (Å²) in [5, 5.41) is 4.17. The third-order valence-electron chi connectivity index (χ3n) is 4.72. The lowest BCUT2D eigenvalue weighted by atomic mass is 10.2. The van der Waals surface area contributed by atoms with Gasteiger partial charge in [0.15, 0.2) is 0 Å². The number of furan rings is 1. The molecule has 4 rings (SSSR count). The number of likely N-dealkylation sites (tertiary alicyclic amines) is 1. The van der Waals surface area contributed by atoms with Crippen molar-refractivity contribution in [2.75, 3.05) is 13.1 Å². The van der Waals surface area contributed by atoms with E-state index in [0.717, 1.165) is 31.7 Å². The summed E-state index contributed by atoms with van der Waals surface area (Å²) in [6.07, 6.45) is 3.83. The first-order chi connectivity index (χ1) is 12.8. The van der Waals surface area contributed by atoms with Crippen LogP contribution in [0.25, 0.3) is 0 Å². The summed E-state index contributed by atoms with van der Waals surface area (Å²) < 4.78 is 5.51. The van der Waals surface area contributed by atoms with E-state index in [9.17, 15) is 4.79 Å².